The minimum absolute atomic E-state index is 0.0292. The number of carbonyl (C=O) groups is 1. The SMILES string of the molecule is COc1cc(-c2onc(N(C)C)c2C(=O)NC(C)C(C)(C)O)ccc1F. The number of halogens is 1. The van der Waals surface area contributed by atoms with Crippen LogP contribution in [-0.2, 0) is 0 Å². The lowest BCUT2D eigenvalue weighted by atomic mass is 10.00. The maximum Gasteiger partial charge on any atom is 0.259 e. The lowest BCUT2D eigenvalue weighted by molar-refractivity contribution is 0.0409. The highest BCUT2D eigenvalue weighted by molar-refractivity contribution is 6.04. The third-order valence-electron chi connectivity index (χ3n) is 4.15. The predicted octanol–water partition coefficient (Wildman–Crippen LogP) is 2.44. The van der Waals surface area contributed by atoms with Gasteiger partial charge in [-0.05, 0) is 39.0 Å². The van der Waals surface area contributed by atoms with Crippen LogP contribution < -0.4 is 15.0 Å². The number of ether oxygens (including phenoxy) is 1. The van der Waals surface area contributed by atoms with Gasteiger partial charge in [-0.25, -0.2) is 4.39 Å². The smallest absolute Gasteiger partial charge is 0.259 e. The van der Waals surface area contributed by atoms with Gasteiger partial charge in [-0.2, -0.15) is 0 Å². The van der Waals surface area contributed by atoms with E-state index in [0.29, 0.717) is 11.4 Å². The number of aliphatic hydroxyl groups is 1. The summed E-state index contributed by atoms with van der Waals surface area (Å²) in [7, 11) is 4.80. The summed E-state index contributed by atoms with van der Waals surface area (Å²) in [5, 5.41) is 16.8. The second-order valence-electron chi connectivity index (χ2n) is 6.80. The summed E-state index contributed by atoms with van der Waals surface area (Å²) < 4.78 is 24.1. The topological polar surface area (TPSA) is 87.8 Å². The summed E-state index contributed by atoms with van der Waals surface area (Å²) >= 11 is 0. The van der Waals surface area contributed by atoms with E-state index in [9.17, 15) is 14.3 Å². The van der Waals surface area contributed by atoms with Crippen LogP contribution in [0.5, 0.6) is 5.75 Å². The molecule has 1 heterocycles. The van der Waals surface area contributed by atoms with E-state index in [1.165, 1.54) is 25.3 Å². The Morgan fingerprint density at radius 1 is 1.42 bits per heavy atom. The van der Waals surface area contributed by atoms with Crippen LogP contribution in [0.2, 0.25) is 0 Å². The van der Waals surface area contributed by atoms with E-state index < -0.39 is 23.4 Å². The first-order chi connectivity index (χ1) is 12.1. The fraction of sp³-hybridized carbons (Fsp3) is 0.444. The molecule has 1 aromatic heterocycles. The molecule has 1 amide bonds. The van der Waals surface area contributed by atoms with Crippen molar-refractivity contribution in [2.24, 2.45) is 0 Å². The zero-order valence-corrected chi connectivity index (χ0v) is 15.8. The fourth-order valence-corrected chi connectivity index (χ4v) is 2.24. The molecule has 0 saturated carbocycles. The quantitative estimate of drug-likeness (QED) is 0.818. The van der Waals surface area contributed by atoms with Gasteiger partial charge in [-0.1, -0.05) is 5.16 Å². The molecule has 0 spiro atoms. The molecule has 0 aliphatic carbocycles. The summed E-state index contributed by atoms with van der Waals surface area (Å²) in [5.41, 5.74) is -0.464. The Kier molecular flexibility index (Phi) is 5.56. The first-order valence-corrected chi connectivity index (χ1v) is 8.10. The first-order valence-electron chi connectivity index (χ1n) is 8.10. The number of rotatable bonds is 6. The maximum atomic E-state index is 13.7. The van der Waals surface area contributed by atoms with Gasteiger partial charge < -0.3 is 24.6 Å². The molecule has 0 aliphatic rings. The molecule has 26 heavy (non-hydrogen) atoms. The van der Waals surface area contributed by atoms with Crippen molar-refractivity contribution in [3.63, 3.8) is 0 Å². The lowest BCUT2D eigenvalue weighted by Crippen LogP contribution is -2.47. The van der Waals surface area contributed by atoms with Gasteiger partial charge in [0.15, 0.2) is 23.1 Å². The first kappa shape index (κ1) is 19.7. The molecular weight excluding hydrogens is 341 g/mol. The van der Waals surface area contributed by atoms with Crippen LogP contribution in [0, 0.1) is 5.82 Å². The van der Waals surface area contributed by atoms with Crippen LogP contribution in [0.3, 0.4) is 0 Å². The Hall–Kier alpha value is -2.61. The Morgan fingerprint density at radius 3 is 2.62 bits per heavy atom. The molecular formula is C18H24FN3O4. The molecule has 0 radical (unpaired) electrons. The molecule has 7 nitrogen and oxygen atoms in total. The molecule has 2 rings (SSSR count). The van der Waals surface area contributed by atoms with Crippen molar-refractivity contribution in [1.29, 1.82) is 0 Å². The van der Waals surface area contributed by atoms with Crippen molar-refractivity contribution in [2.75, 3.05) is 26.1 Å². The van der Waals surface area contributed by atoms with Gasteiger partial charge in [0.1, 0.15) is 5.56 Å². The average molecular weight is 365 g/mol. The second kappa shape index (κ2) is 7.33. The molecule has 0 saturated heterocycles. The van der Waals surface area contributed by atoms with Crippen LogP contribution in [0.25, 0.3) is 11.3 Å². The summed E-state index contributed by atoms with van der Waals surface area (Å²) in [5.74, 6) is -0.439. The van der Waals surface area contributed by atoms with E-state index in [-0.39, 0.29) is 17.1 Å². The number of hydrogen-bond acceptors (Lipinski definition) is 6. The standard InChI is InChI=1S/C18H24FN3O4/c1-10(18(2,3)24)20-17(23)14-15(26-21-16(14)22(4)5)11-7-8-12(19)13(9-11)25-6/h7-10,24H,1-6H3,(H,20,23). The van der Waals surface area contributed by atoms with E-state index in [1.54, 1.807) is 39.8 Å². The molecule has 8 heteroatoms. The van der Waals surface area contributed by atoms with Crippen LogP contribution >= 0.6 is 0 Å². The van der Waals surface area contributed by atoms with Gasteiger partial charge in [0, 0.05) is 19.7 Å². The van der Waals surface area contributed by atoms with Crippen molar-refractivity contribution in [3.05, 3.63) is 29.6 Å². The number of anilines is 1. The number of benzene rings is 1. The largest absolute Gasteiger partial charge is 0.494 e. The van der Waals surface area contributed by atoms with Crippen molar-refractivity contribution in [1.82, 2.24) is 10.5 Å². The zero-order valence-electron chi connectivity index (χ0n) is 15.8. The van der Waals surface area contributed by atoms with E-state index in [1.807, 2.05) is 0 Å². The Labute approximate surface area is 151 Å². The molecule has 1 atom stereocenters. The van der Waals surface area contributed by atoms with Gasteiger partial charge in [0.05, 0.1) is 18.8 Å². The Morgan fingerprint density at radius 2 is 2.08 bits per heavy atom. The molecule has 0 aliphatic heterocycles. The minimum Gasteiger partial charge on any atom is -0.494 e. The van der Waals surface area contributed by atoms with Crippen LogP contribution in [0.15, 0.2) is 22.7 Å². The van der Waals surface area contributed by atoms with E-state index in [4.69, 9.17) is 9.26 Å². The summed E-state index contributed by atoms with van der Waals surface area (Å²) in [4.78, 5) is 14.5. The maximum absolute atomic E-state index is 13.7. The number of methoxy groups -OCH3 is 1. The highest BCUT2D eigenvalue weighted by atomic mass is 19.1. The molecule has 1 unspecified atom stereocenters. The van der Waals surface area contributed by atoms with Crippen molar-refractivity contribution < 1.29 is 23.6 Å². The highest BCUT2D eigenvalue weighted by Gasteiger charge is 2.30. The van der Waals surface area contributed by atoms with Crippen LogP contribution in [-0.4, -0.2) is 49.0 Å². The van der Waals surface area contributed by atoms with E-state index in [0.717, 1.165) is 0 Å². The van der Waals surface area contributed by atoms with Crippen molar-refractivity contribution in [3.8, 4) is 17.1 Å². The van der Waals surface area contributed by atoms with E-state index in [2.05, 4.69) is 10.5 Å². The van der Waals surface area contributed by atoms with Crippen molar-refractivity contribution >= 4 is 11.7 Å². The zero-order chi connectivity index (χ0) is 19.6. The highest BCUT2D eigenvalue weighted by Crippen LogP contribution is 2.33. The summed E-state index contributed by atoms with van der Waals surface area (Å²) in [6.45, 7) is 4.90. The number of amides is 1. The number of hydrogen-bond donors (Lipinski definition) is 2. The molecule has 0 bridgehead atoms. The van der Waals surface area contributed by atoms with Gasteiger partial charge in [0.25, 0.3) is 5.91 Å². The predicted molar refractivity (Wildman–Crippen MR) is 96.0 cm³/mol. The third-order valence-corrected chi connectivity index (χ3v) is 4.15. The molecule has 1 aromatic carbocycles. The minimum atomic E-state index is -1.11. The van der Waals surface area contributed by atoms with Gasteiger partial charge in [-0.3, -0.25) is 4.79 Å². The third kappa shape index (κ3) is 3.96. The van der Waals surface area contributed by atoms with Crippen LogP contribution in [0.4, 0.5) is 10.2 Å². The Balaban J connectivity index is 2.51. The number of nitrogens with zero attached hydrogens (tertiary/aromatic N) is 2. The monoisotopic (exact) mass is 365 g/mol. The number of aromatic nitrogens is 1. The molecule has 142 valence electrons. The second-order valence-corrected chi connectivity index (χ2v) is 6.80. The van der Waals surface area contributed by atoms with E-state index >= 15 is 0 Å². The normalized spacial score (nSPS) is 12.6. The van der Waals surface area contributed by atoms with Gasteiger partial charge in [-0.15, -0.1) is 0 Å². The Bertz CT molecular complexity index is 796. The summed E-state index contributed by atoms with van der Waals surface area (Å²) in [6, 6.07) is 3.63. The number of nitrogens with one attached hydrogen (secondary N) is 1. The van der Waals surface area contributed by atoms with Crippen molar-refractivity contribution in [2.45, 2.75) is 32.4 Å². The molecule has 0 fully saturated rings. The van der Waals surface area contributed by atoms with Crippen LogP contribution in [0.1, 0.15) is 31.1 Å². The lowest BCUT2D eigenvalue weighted by Gasteiger charge is -2.26. The van der Waals surface area contributed by atoms with Gasteiger partial charge >= 0.3 is 0 Å². The summed E-state index contributed by atoms with van der Waals surface area (Å²) in [6.07, 6.45) is 0. The molecule has 2 aromatic rings. The number of carbonyl (C=O) groups excluding carboxylic acids is 1. The average Bonchev–Trinajstić information content (AvgIpc) is 2.99. The van der Waals surface area contributed by atoms with Gasteiger partial charge in [0.2, 0.25) is 0 Å². The molecule has 2 N–H and O–H groups in total. The fourth-order valence-electron chi connectivity index (χ4n) is 2.24.